The van der Waals surface area contributed by atoms with Crippen molar-refractivity contribution in [3.05, 3.63) is 11.6 Å². The second-order valence-corrected chi connectivity index (χ2v) is 11.5. The number of carbonyl (C=O) groups is 1. The predicted molar refractivity (Wildman–Crippen MR) is 81.4 cm³/mol. The van der Waals surface area contributed by atoms with E-state index in [0.29, 0.717) is 16.6 Å². The fraction of sp³-hybridized carbons (Fsp3) is 0.800. The maximum atomic E-state index is 10.5. The number of aldehydes is 1. The van der Waals surface area contributed by atoms with E-state index in [4.69, 9.17) is 4.43 Å². The molecule has 0 aromatic rings. The molecule has 0 rings (SSSR count). The molecule has 0 bridgehead atoms. The molecule has 0 aliphatic carbocycles. The standard InChI is InChI=1S/C15H30O2Si/c1-12(2)18(13(3)4,14(5)6)17-10-8-9-15(7)11-16/h9,11-14H,8,10H2,1-7H3/b15-9+. The van der Waals surface area contributed by atoms with Gasteiger partial charge in [-0.25, -0.2) is 0 Å². The first-order valence-electron chi connectivity index (χ1n) is 7.04. The van der Waals surface area contributed by atoms with Gasteiger partial charge in [0.15, 0.2) is 8.32 Å². The minimum Gasteiger partial charge on any atom is -0.416 e. The summed E-state index contributed by atoms with van der Waals surface area (Å²) in [6, 6.07) is 0. The first-order valence-corrected chi connectivity index (χ1v) is 9.18. The van der Waals surface area contributed by atoms with E-state index >= 15 is 0 Å². The van der Waals surface area contributed by atoms with Gasteiger partial charge in [0.2, 0.25) is 0 Å². The van der Waals surface area contributed by atoms with Crippen LogP contribution in [0.2, 0.25) is 16.6 Å². The van der Waals surface area contributed by atoms with Crippen LogP contribution in [0.5, 0.6) is 0 Å². The molecule has 0 saturated carbocycles. The molecule has 0 N–H and O–H groups in total. The summed E-state index contributed by atoms with van der Waals surface area (Å²) in [6.45, 7) is 16.3. The van der Waals surface area contributed by atoms with Crippen molar-refractivity contribution in [2.45, 2.75) is 71.5 Å². The van der Waals surface area contributed by atoms with E-state index in [1.165, 1.54) is 0 Å². The fourth-order valence-electron chi connectivity index (χ4n) is 3.07. The van der Waals surface area contributed by atoms with E-state index in [9.17, 15) is 4.79 Å². The van der Waals surface area contributed by atoms with Crippen LogP contribution < -0.4 is 0 Å². The lowest BCUT2D eigenvalue weighted by Crippen LogP contribution is -2.47. The Morgan fingerprint density at radius 3 is 1.83 bits per heavy atom. The molecule has 0 atom stereocenters. The minimum atomic E-state index is -1.73. The van der Waals surface area contributed by atoms with Gasteiger partial charge in [-0.05, 0) is 35.5 Å². The molecule has 0 radical (unpaired) electrons. The van der Waals surface area contributed by atoms with Crippen LogP contribution in [0.1, 0.15) is 54.9 Å². The van der Waals surface area contributed by atoms with Crippen LogP contribution in [-0.2, 0) is 9.22 Å². The van der Waals surface area contributed by atoms with Crippen molar-refractivity contribution in [1.82, 2.24) is 0 Å². The highest BCUT2D eigenvalue weighted by Gasteiger charge is 2.44. The normalized spacial score (nSPS) is 13.8. The van der Waals surface area contributed by atoms with Crippen molar-refractivity contribution < 1.29 is 9.22 Å². The Labute approximate surface area is 114 Å². The van der Waals surface area contributed by atoms with Gasteiger partial charge >= 0.3 is 0 Å². The first kappa shape index (κ1) is 17.6. The fourth-order valence-corrected chi connectivity index (χ4v) is 8.54. The molecule has 0 aromatic heterocycles. The summed E-state index contributed by atoms with van der Waals surface area (Å²) in [4.78, 5) is 10.5. The van der Waals surface area contributed by atoms with Gasteiger partial charge in [-0.3, -0.25) is 4.79 Å². The van der Waals surface area contributed by atoms with Gasteiger partial charge in [-0.1, -0.05) is 47.6 Å². The van der Waals surface area contributed by atoms with Crippen molar-refractivity contribution in [2.75, 3.05) is 6.61 Å². The lowest BCUT2D eigenvalue weighted by molar-refractivity contribution is -0.104. The molecule has 0 unspecified atom stereocenters. The quantitative estimate of drug-likeness (QED) is 0.276. The third-order valence-corrected chi connectivity index (χ3v) is 9.95. The highest BCUT2D eigenvalue weighted by Crippen LogP contribution is 2.42. The molecule has 0 aromatic carbocycles. The molecular weight excluding hydrogens is 240 g/mol. The molecule has 0 aliphatic heterocycles. The molecule has 0 aliphatic rings. The minimum absolute atomic E-state index is 0.619. The smallest absolute Gasteiger partial charge is 0.200 e. The summed E-state index contributed by atoms with van der Waals surface area (Å²) in [5.41, 5.74) is 2.65. The lowest BCUT2D eigenvalue weighted by atomic mass is 10.3. The zero-order chi connectivity index (χ0) is 14.3. The largest absolute Gasteiger partial charge is 0.416 e. The van der Waals surface area contributed by atoms with Crippen molar-refractivity contribution in [3.63, 3.8) is 0 Å². The van der Waals surface area contributed by atoms with E-state index in [2.05, 4.69) is 41.5 Å². The number of hydrogen-bond donors (Lipinski definition) is 0. The monoisotopic (exact) mass is 270 g/mol. The maximum absolute atomic E-state index is 10.5. The first-order chi connectivity index (χ1) is 8.28. The molecule has 0 heterocycles. The molecular formula is C15H30O2Si. The number of allylic oxidation sites excluding steroid dienone is 1. The summed E-state index contributed by atoms with van der Waals surface area (Å²) >= 11 is 0. The molecule has 0 spiro atoms. The molecule has 106 valence electrons. The van der Waals surface area contributed by atoms with E-state index in [1.54, 1.807) is 0 Å². The summed E-state index contributed by atoms with van der Waals surface area (Å²) in [6.07, 6.45) is 3.71. The van der Waals surface area contributed by atoms with Gasteiger partial charge in [0.1, 0.15) is 6.29 Å². The summed E-state index contributed by atoms with van der Waals surface area (Å²) < 4.78 is 6.39. The van der Waals surface area contributed by atoms with Crippen LogP contribution in [0, 0.1) is 0 Å². The Morgan fingerprint density at radius 2 is 1.50 bits per heavy atom. The van der Waals surface area contributed by atoms with Crippen LogP contribution in [-0.4, -0.2) is 21.2 Å². The highest BCUT2D eigenvalue weighted by atomic mass is 28.4. The van der Waals surface area contributed by atoms with Crippen molar-refractivity contribution in [2.24, 2.45) is 0 Å². The zero-order valence-corrected chi connectivity index (χ0v) is 14.1. The highest BCUT2D eigenvalue weighted by molar-refractivity contribution is 6.77. The van der Waals surface area contributed by atoms with Crippen molar-refractivity contribution in [1.29, 1.82) is 0 Å². The molecule has 2 nitrogen and oxygen atoms in total. The lowest BCUT2D eigenvalue weighted by Gasteiger charge is -2.42. The Morgan fingerprint density at radius 1 is 1.06 bits per heavy atom. The summed E-state index contributed by atoms with van der Waals surface area (Å²) in [5.74, 6) is 0. The Hall–Kier alpha value is -0.413. The van der Waals surface area contributed by atoms with Crippen molar-refractivity contribution >= 4 is 14.6 Å². The van der Waals surface area contributed by atoms with Crippen LogP contribution in [0.25, 0.3) is 0 Å². The average Bonchev–Trinajstić information content (AvgIpc) is 2.27. The number of hydrogen-bond acceptors (Lipinski definition) is 2. The predicted octanol–water partition coefficient (Wildman–Crippen LogP) is 4.71. The van der Waals surface area contributed by atoms with E-state index in [-0.39, 0.29) is 0 Å². The van der Waals surface area contributed by atoms with Gasteiger partial charge in [-0.15, -0.1) is 0 Å². The van der Waals surface area contributed by atoms with Gasteiger partial charge < -0.3 is 4.43 Å². The SMILES string of the molecule is C/C(C=O)=C\CCO[Si](C(C)C)(C(C)C)C(C)C. The van der Waals surface area contributed by atoms with Crippen LogP contribution in [0.4, 0.5) is 0 Å². The van der Waals surface area contributed by atoms with Crippen LogP contribution >= 0.6 is 0 Å². The van der Waals surface area contributed by atoms with Gasteiger partial charge in [0.05, 0.1) is 0 Å². The second kappa shape index (κ2) is 7.90. The van der Waals surface area contributed by atoms with E-state index in [0.717, 1.165) is 24.9 Å². The Bertz CT molecular complexity index is 258. The van der Waals surface area contributed by atoms with Crippen LogP contribution in [0.3, 0.4) is 0 Å². The Balaban J connectivity index is 4.67. The second-order valence-electron chi connectivity index (χ2n) is 6.02. The molecule has 0 fully saturated rings. The maximum Gasteiger partial charge on any atom is 0.200 e. The Kier molecular flexibility index (Phi) is 7.72. The molecule has 0 amide bonds. The van der Waals surface area contributed by atoms with Gasteiger partial charge in [0, 0.05) is 6.61 Å². The average molecular weight is 270 g/mol. The molecule has 18 heavy (non-hydrogen) atoms. The summed E-state index contributed by atoms with van der Waals surface area (Å²) in [7, 11) is -1.73. The number of rotatable bonds is 8. The summed E-state index contributed by atoms with van der Waals surface area (Å²) in [5, 5.41) is 0. The van der Waals surface area contributed by atoms with Crippen molar-refractivity contribution in [3.8, 4) is 0 Å². The van der Waals surface area contributed by atoms with Gasteiger partial charge in [0.25, 0.3) is 0 Å². The third-order valence-electron chi connectivity index (χ3n) is 3.83. The molecule has 3 heteroatoms. The topological polar surface area (TPSA) is 26.3 Å². The third kappa shape index (κ3) is 4.36. The van der Waals surface area contributed by atoms with E-state index < -0.39 is 8.32 Å². The van der Waals surface area contributed by atoms with Gasteiger partial charge in [-0.2, -0.15) is 0 Å². The molecule has 0 saturated heterocycles. The van der Waals surface area contributed by atoms with Crippen LogP contribution in [0.15, 0.2) is 11.6 Å². The van der Waals surface area contributed by atoms with E-state index in [1.807, 2.05) is 13.0 Å². The zero-order valence-electron chi connectivity index (χ0n) is 13.1. The number of carbonyl (C=O) groups excluding carboxylic acids is 1.